The molecule has 7 amide bonds. The first-order valence-electron chi connectivity index (χ1n) is 33.2. The van der Waals surface area contributed by atoms with Crippen LogP contribution < -0.4 is 37.2 Å². The third-order valence-electron chi connectivity index (χ3n) is 17.8. The first-order valence-corrected chi connectivity index (χ1v) is 34.4. The van der Waals surface area contributed by atoms with Crippen LogP contribution in [0.5, 0.6) is 0 Å². The van der Waals surface area contributed by atoms with E-state index in [1.807, 2.05) is 61.5 Å². The van der Waals surface area contributed by atoms with E-state index in [1.165, 1.54) is 32.0 Å². The van der Waals surface area contributed by atoms with E-state index in [4.69, 9.17) is 23.7 Å². The van der Waals surface area contributed by atoms with Crippen molar-refractivity contribution in [2.24, 2.45) is 23.7 Å². The molecule has 0 unspecified atom stereocenters. The second-order valence-electron chi connectivity index (χ2n) is 26.7. The summed E-state index contributed by atoms with van der Waals surface area (Å²) in [4.78, 5) is 138. The lowest BCUT2D eigenvalue weighted by Crippen LogP contribution is -2.59. The molecule has 91 heavy (non-hydrogen) atoms. The van der Waals surface area contributed by atoms with E-state index in [1.54, 1.807) is 20.8 Å². The van der Waals surface area contributed by atoms with Gasteiger partial charge in [0.15, 0.2) is 0 Å². The van der Waals surface area contributed by atoms with Gasteiger partial charge in [0.1, 0.15) is 66.8 Å². The summed E-state index contributed by atoms with van der Waals surface area (Å²) in [5.41, 5.74) is 1.95. The zero-order valence-corrected chi connectivity index (χ0v) is 54.9. The van der Waals surface area contributed by atoms with Crippen LogP contribution in [0.15, 0.2) is 54.6 Å². The molecule has 6 saturated carbocycles. The minimum Gasteiger partial charge on any atom is -0.462 e. The summed E-state index contributed by atoms with van der Waals surface area (Å²) >= 11 is 1.41. The van der Waals surface area contributed by atoms with Gasteiger partial charge in [0.2, 0.25) is 29.5 Å². The number of aryl methyl sites for hydroxylation is 1. The largest absolute Gasteiger partial charge is 0.462 e. The Labute approximate surface area is 540 Å². The molecule has 6 fully saturated rings. The van der Waals surface area contributed by atoms with Crippen LogP contribution in [0.2, 0.25) is 0 Å². The van der Waals surface area contributed by atoms with Gasteiger partial charge in [-0.15, -0.1) is 0 Å². The van der Waals surface area contributed by atoms with Crippen molar-refractivity contribution in [3.63, 3.8) is 0 Å². The first-order chi connectivity index (χ1) is 43.5. The van der Waals surface area contributed by atoms with E-state index in [-0.39, 0.29) is 69.3 Å². The van der Waals surface area contributed by atoms with Gasteiger partial charge < -0.3 is 60.9 Å². The van der Waals surface area contributed by atoms with E-state index in [0.717, 1.165) is 80.9 Å². The molecule has 0 aromatic heterocycles. The number of carbonyl (C=O) groups excluding carboxylic acids is 10. The monoisotopic (exact) mass is 1290 g/mol. The normalized spacial score (nSPS) is 21.6. The molecule has 8 rings (SSSR count). The Morgan fingerprint density at radius 2 is 1.02 bits per heavy atom. The maximum atomic E-state index is 14.8. The van der Waals surface area contributed by atoms with Gasteiger partial charge in [-0.1, -0.05) is 73.0 Å². The summed E-state index contributed by atoms with van der Waals surface area (Å²) in [6, 6.07) is 9.01. The smallest absolute Gasteiger partial charge is 0.408 e. The average molecular weight is 1290 g/mol. The number of alkyl carbamates (subject to hydrolysis) is 2. The number of benzene rings is 2. The number of hydrogen-bond acceptors (Lipinski definition) is 16. The minimum absolute atomic E-state index is 0.0101. The highest BCUT2D eigenvalue weighted by Crippen LogP contribution is 2.54. The first kappa shape index (κ1) is 71.5. The fourth-order valence-electron chi connectivity index (χ4n) is 13.1. The Hall–Kier alpha value is -6.91. The van der Waals surface area contributed by atoms with Crippen LogP contribution in [-0.4, -0.2) is 132 Å². The fourth-order valence-corrected chi connectivity index (χ4v) is 14.1. The molecule has 0 radical (unpaired) electrons. The fraction of sp³-hybridized carbons (Fsp3) is 0.676. The predicted octanol–water partition coefficient (Wildman–Crippen LogP) is 8.36. The van der Waals surface area contributed by atoms with Crippen LogP contribution in [0.25, 0.3) is 0 Å². The Balaban J connectivity index is 1.06. The van der Waals surface area contributed by atoms with E-state index < -0.39 is 101 Å². The van der Waals surface area contributed by atoms with Gasteiger partial charge in [-0.25, -0.2) is 14.4 Å². The van der Waals surface area contributed by atoms with Crippen molar-refractivity contribution in [3.05, 3.63) is 71.3 Å². The van der Waals surface area contributed by atoms with Crippen LogP contribution in [0.1, 0.15) is 193 Å². The molecule has 0 heterocycles. The second kappa shape index (κ2) is 35.8. The van der Waals surface area contributed by atoms with Gasteiger partial charge in [0.05, 0.1) is 0 Å². The van der Waals surface area contributed by atoms with E-state index in [2.05, 4.69) is 37.2 Å². The van der Waals surface area contributed by atoms with Crippen LogP contribution in [0.4, 0.5) is 9.59 Å². The van der Waals surface area contributed by atoms with Gasteiger partial charge >= 0.3 is 30.1 Å². The van der Waals surface area contributed by atoms with Gasteiger partial charge in [0.25, 0.3) is 0 Å². The van der Waals surface area contributed by atoms with Gasteiger partial charge in [-0.05, 0) is 192 Å². The van der Waals surface area contributed by atoms with Crippen LogP contribution >= 0.6 is 11.8 Å². The molecule has 2 aromatic rings. The summed E-state index contributed by atoms with van der Waals surface area (Å²) in [5, 5.41) is 18.8. The number of ether oxygens (including phenoxy) is 5. The standard InChI is InChI=1S/C68H99N7O15S/c1-42-25-27-46(28-26-42)40-91-41-56(65(83)86-39-45-18-10-7-11-19-45)75-63(81)53(24-16-17-33-69-66(84)89-59-49-35-47-34-48(37-49)38-50(59)36-47)74-64(82)55(30-32-58(77)88-52-22-14-9-15-23-52)73-60(78)43(2)70-62(80)54(29-31-57(76)87-51-20-12-8-13-21-51)72-61(79)44(3)71-67(85)90-68(4,5)6/h7,10-11,18-19,25-28,43-44,47-56,59H,8-9,12-17,20-24,29-41H2,1-6H3,(H,69,84)(H,70,80)(H,71,85)(H,72,79)(H,73,78)(H,74,82)(H,75,81)/t43-,44-,47?,48?,49?,50?,53-,54-,55-,56-,59?/m0/s1. The lowest BCUT2D eigenvalue weighted by Gasteiger charge is -2.53. The summed E-state index contributed by atoms with van der Waals surface area (Å²) in [6.45, 7) is 9.83. The topological polar surface area (TPSA) is 301 Å². The SMILES string of the molecule is Cc1ccc(CSC[C@H](NC(=O)[C@H](CCCCNC(=O)OC2C3CC4CC(C3)CC2C4)NC(=O)[C@H](CCC(=O)OC2CCCCC2)NC(=O)[C@H](C)NC(=O)[C@H](CCC(=O)OC2CCCCC2)NC(=O)[C@H](C)NC(=O)OC(C)(C)C)C(=O)OCc2ccccc2)cc1. The molecule has 7 N–H and O–H groups in total. The Morgan fingerprint density at radius 1 is 0.527 bits per heavy atom. The maximum absolute atomic E-state index is 14.8. The van der Waals surface area contributed by atoms with E-state index in [0.29, 0.717) is 67.9 Å². The number of rotatable bonds is 32. The molecular weight excluding hydrogens is 1190 g/mol. The molecule has 502 valence electrons. The van der Waals surface area contributed by atoms with Gasteiger partial charge in [-0.3, -0.25) is 33.6 Å². The summed E-state index contributed by atoms with van der Waals surface area (Å²) in [7, 11) is 0. The van der Waals surface area contributed by atoms with E-state index >= 15 is 0 Å². The lowest BCUT2D eigenvalue weighted by molar-refractivity contribution is -0.152. The highest BCUT2D eigenvalue weighted by atomic mass is 32.2. The second-order valence-corrected chi connectivity index (χ2v) is 27.8. The summed E-state index contributed by atoms with van der Waals surface area (Å²) < 4.78 is 28.6. The summed E-state index contributed by atoms with van der Waals surface area (Å²) in [6.07, 6.45) is 11.6. The Kier molecular flexibility index (Phi) is 28.1. The van der Waals surface area contributed by atoms with Crippen molar-refractivity contribution in [3.8, 4) is 0 Å². The molecule has 0 spiro atoms. The highest BCUT2D eigenvalue weighted by Gasteiger charge is 2.50. The van der Waals surface area contributed by atoms with Crippen molar-refractivity contribution >= 4 is 71.4 Å². The highest BCUT2D eigenvalue weighted by molar-refractivity contribution is 7.98. The van der Waals surface area contributed by atoms with Crippen molar-refractivity contribution in [1.82, 2.24) is 37.2 Å². The molecule has 6 aliphatic rings. The van der Waals surface area contributed by atoms with Crippen molar-refractivity contribution in [1.29, 1.82) is 0 Å². The van der Waals surface area contributed by atoms with Crippen molar-refractivity contribution in [2.45, 2.75) is 255 Å². The third kappa shape index (κ3) is 24.6. The van der Waals surface area contributed by atoms with E-state index in [9.17, 15) is 47.9 Å². The zero-order valence-electron chi connectivity index (χ0n) is 54.1. The third-order valence-corrected chi connectivity index (χ3v) is 18.9. The van der Waals surface area contributed by atoms with Gasteiger partial charge in [-0.2, -0.15) is 11.8 Å². The molecule has 23 heteroatoms. The number of nitrogens with one attached hydrogen (secondary N) is 7. The quantitative estimate of drug-likeness (QED) is 0.0206. The Morgan fingerprint density at radius 3 is 1.56 bits per heavy atom. The molecule has 0 saturated heterocycles. The number of esters is 3. The number of thioether (sulfide) groups is 1. The van der Waals surface area contributed by atoms with Crippen molar-refractivity contribution < 1.29 is 71.6 Å². The number of unbranched alkanes of at least 4 members (excludes halogenated alkanes) is 1. The predicted molar refractivity (Wildman–Crippen MR) is 341 cm³/mol. The molecule has 6 aliphatic carbocycles. The lowest BCUT2D eigenvalue weighted by atomic mass is 9.55. The number of carbonyl (C=O) groups is 10. The minimum atomic E-state index is -1.50. The van der Waals surface area contributed by atoms with Crippen LogP contribution in [0, 0.1) is 30.6 Å². The molecule has 2 aromatic carbocycles. The molecule has 22 nitrogen and oxygen atoms in total. The van der Waals surface area contributed by atoms with Gasteiger partial charge in [0, 0.05) is 30.9 Å². The zero-order chi connectivity index (χ0) is 65.5. The number of amides is 7. The molecule has 0 aliphatic heterocycles. The average Bonchev–Trinajstić information content (AvgIpc) is 0.939. The van der Waals surface area contributed by atoms with Crippen molar-refractivity contribution in [2.75, 3.05) is 12.3 Å². The maximum Gasteiger partial charge on any atom is 0.408 e. The Bertz CT molecular complexity index is 2720. The number of hydrogen-bond donors (Lipinski definition) is 7. The summed E-state index contributed by atoms with van der Waals surface area (Å²) in [5.74, 6) is -3.21. The van der Waals surface area contributed by atoms with Crippen LogP contribution in [-0.2, 0) is 74.4 Å². The van der Waals surface area contributed by atoms with Crippen LogP contribution in [0.3, 0.4) is 0 Å². The molecular formula is C68H99N7O15S. The molecule has 4 bridgehead atoms. The molecule has 6 atom stereocenters.